The maximum atomic E-state index is 12.3. The average Bonchev–Trinajstić information content (AvgIpc) is 3.47. The van der Waals surface area contributed by atoms with E-state index in [9.17, 15) is 4.79 Å². The molecular weight excluding hydrogens is 404 g/mol. The van der Waals surface area contributed by atoms with Crippen LogP contribution in [0, 0.1) is 0 Å². The lowest BCUT2D eigenvalue weighted by atomic mass is 10.1. The van der Waals surface area contributed by atoms with Gasteiger partial charge in [-0.3, -0.25) is 9.36 Å². The monoisotopic (exact) mass is 424 g/mol. The first kappa shape index (κ1) is 19.2. The molecule has 2 aromatic carbocycles. The van der Waals surface area contributed by atoms with Crippen molar-refractivity contribution in [2.75, 3.05) is 0 Å². The van der Waals surface area contributed by atoms with Crippen LogP contribution < -0.4 is 5.32 Å². The smallest absolute Gasteiger partial charge is 0.224 e. The minimum atomic E-state index is 0.0147. The number of imidazole rings is 1. The van der Waals surface area contributed by atoms with Crippen LogP contribution in [0.1, 0.15) is 10.4 Å². The summed E-state index contributed by atoms with van der Waals surface area (Å²) < 4.78 is 2.06. The van der Waals surface area contributed by atoms with Gasteiger partial charge in [-0.25, -0.2) is 9.97 Å². The van der Waals surface area contributed by atoms with Gasteiger partial charge in [-0.05, 0) is 41.3 Å². The van der Waals surface area contributed by atoms with Gasteiger partial charge in [-0.2, -0.15) is 0 Å². The number of hydrogen-bond acceptors (Lipinski definition) is 4. The fourth-order valence-corrected chi connectivity index (χ4v) is 4.19. The van der Waals surface area contributed by atoms with Crippen LogP contribution in [0.2, 0.25) is 0 Å². The van der Waals surface area contributed by atoms with Crippen LogP contribution in [-0.2, 0) is 17.8 Å². The van der Waals surface area contributed by atoms with Gasteiger partial charge in [0.25, 0.3) is 0 Å². The molecule has 0 bridgehead atoms. The topological polar surface area (TPSA) is 59.8 Å². The zero-order chi connectivity index (χ0) is 21.0. The van der Waals surface area contributed by atoms with Crippen molar-refractivity contribution in [1.29, 1.82) is 0 Å². The summed E-state index contributed by atoms with van der Waals surface area (Å²) in [5, 5.41) is 4.99. The Labute approximate surface area is 184 Å². The minimum Gasteiger partial charge on any atom is -0.351 e. The van der Waals surface area contributed by atoms with Gasteiger partial charge in [0, 0.05) is 22.3 Å². The summed E-state index contributed by atoms with van der Waals surface area (Å²) in [6.07, 6.45) is 2.13. The van der Waals surface area contributed by atoms with Crippen molar-refractivity contribution in [1.82, 2.24) is 19.9 Å². The summed E-state index contributed by atoms with van der Waals surface area (Å²) in [7, 11) is 0. The van der Waals surface area contributed by atoms with Crippen LogP contribution >= 0.6 is 11.3 Å². The zero-order valence-electron chi connectivity index (χ0n) is 16.7. The Morgan fingerprint density at radius 3 is 2.55 bits per heavy atom. The molecule has 0 unspecified atom stereocenters. The third-order valence-electron chi connectivity index (χ3n) is 5.05. The van der Waals surface area contributed by atoms with Crippen molar-refractivity contribution in [3.8, 4) is 17.1 Å². The van der Waals surface area contributed by atoms with E-state index >= 15 is 0 Å². The number of amides is 1. The van der Waals surface area contributed by atoms with Gasteiger partial charge in [0.1, 0.15) is 11.3 Å². The van der Waals surface area contributed by atoms with E-state index in [2.05, 4.69) is 14.9 Å². The first-order valence-electron chi connectivity index (χ1n) is 10.1. The number of nitrogens with zero attached hydrogens (tertiary/aromatic N) is 3. The van der Waals surface area contributed by atoms with Crippen molar-refractivity contribution in [2.24, 2.45) is 0 Å². The molecule has 0 spiro atoms. The Bertz CT molecular complexity index is 1310. The van der Waals surface area contributed by atoms with Crippen molar-refractivity contribution < 1.29 is 4.79 Å². The molecule has 31 heavy (non-hydrogen) atoms. The third kappa shape index (κ3) is 4.11. The number of pyridine rings is 1. The van der Waals surface area contributed by atoms with E-state index in [1.54, 1.807) is 17.5 Å². The van der Waals surface area contributed by atoms with E-state index in [1.807, 2.05) is 84.2 Å². The molecule has 5 rings (SSSR count). The molecule has 5 aromatic rings. The number of hydrogen-bond donors (Lipinski definition) is 1. The van der Waals surface area contributed by atoms with Gasteiger partial charge in [-0.1, -0.05) is 48.5 Å². The molecule has 152 valence electrons. The van der Waals surface area contributed by atoms with Gasteiger partial charge >= 0.3 is 0 Å². The average molecular weight is 425 g/mol. The lowest BCUT2D eigenvalue weighted by Crippen LogP contribution is -2.24. The van der Waals surface area contributed by atoms with Crippen LogP contribution in [0.25, 0.3) is 28.2 Å². The standard InChI is InChI=1S/C25H20N4OS/c30-23(27-17-21-8-5-15-31-21)16-18-10-12-20(13-11-18)29-24(19-6-2-1-3-7-19)28-22-9-4-14-26-25(22)29/h1-15H,16-17H2,(H,27,30). The van der Waals surface area contributed by atoms with E-state index in [-0.39, 0.29) is 5.91 Å². The van der Waals surface area contributed by atoms with Crippen molar-refractivity contribution >= 4 is 28.4 Å². The minimum absolute atomic E-state index is 0.0147. The van der Waals surface area contributed by atoms with Gasteiger partial charge < -0.3 is 5.32 Å². The lowest BCUT2D eigenvalue weighted by molar-refractivity contribution is -0.120. The lowest BCUT2D eigenvalue weighted by Gasteiger charge is -2.10. The molecule has 0 aliphatic heterocycles. The molecular formula is C25H20N4OS. The van der Waals surface area contributed by atoms with Crippen LogP contribution in [0.5, 0.6) is 0 Å². The normalized spacial score (nSPS) is 11.0. The van der Waals surface area contributed by atoms with Crippen LogP contribution in [0.15, 0.2) is 90.4 Å². The number of carbonyl (C=O) groups excluding carboxylic acids is 1. The molecule has 3 aromatic heterocycles. The highest BCUT2D eigenvalue weighted by molar-refractivity contribution is 7.09. The fourth-order valence-electron chi connectivity index (χ4n) is 3.55. The molecule has 1 amide bonds. The Hall–Kier alpha value is -3.77. The maximum Gasteiger partial charge on any atom is 0.224 e. The van der Waals surface area contributed by atoms with E-state index in [0.29, 0.717) is 13.0 Å². The molecule has 3 heterocycles. The van der Waals surface area contributed by atoms with Gasteiger partial charge in [0.2, 0.25) is 5.91 Å². The summed E-state index contributed by atoms with van der Waals surface area (Å²) in [5.74, 6) is 0.858. The Kier molecular flexibility index (Phi) is 5.29. The molecule has 0 fully saturated rings. The zero-order valence-corrected chi connectivity index (χ0v) is 17.5. The second-order valence-electron chi connectivity index (χ2n) is 7.18. The summed E-state index contributed by atoms with van der Waals surface area (Å²) in [6.45, 7) is 0.571. The molecule has 0 aliphatic carbocycles. The fraction of sp³-hybridized carbons (Fsp3) is 0.0800. The van der Waals surface area contributed by atoms with Crippen LogP contribution in [-0.4, -0.2) is 20.4 Å². The molecule has 0 aliphatic rings. The number of fused-ring (bicyclic) bond motifs is 1. The van der Waals surface area contributed by atoms with Crippen molar-refractivity contribution in [2.45, 2.75) is 13.0 Å². The third-order valence-corrected chi connectivity index (χ3v) is 5.92. The number of nitrogens with one attached hydrogen (secondary N) is 1. The summed E-state index contributed by atoms with van der Waals surface area (Å²) in [5.41, 5.74) is 4.60. The highest BCUT2D eigenvalue weighted by Gasteiger charge is 2.15. The van der Waals surface area contributed by atoms with E-state index in [1.165, 1.54) is 0 Å². The van der Waals surface area contributed by atoms with Gasteiger partial charge in [-0.15, -0.1) is 11.3 Å². The van der Waals surface area contributed by atoms with Crippen molar-refractivity contribution in [3.63, 3.8) is 0 Å². The number of benzene rings is 2. The highest BCUT2D eigenvalue weighted by atomic mass is 32.1. The number of thiophene rings is 1. The molecule has 1 N–H and O–H groups in total. The largest absolute Gasteiger partial charge is 0.351 e. The predicted molar refractivity (Wildman–Crippen MR) is 124 cm³/mol. The number of rotatable bonds is 6. The number of carbonyl (C=O) groups is 1. The summed E-state index contributed by atoms with van der Waals surface area (Å²) >= 11 is 1.64. The first-order chi connectivity index (χ1) is 15.3. The van der Waals surface area contributed by atoms with Gasteiger partial charge in [0.15, 0.2) is 5.65 Å². The molecule has 0 saturated carbocycles. The number of aromatic nitrogens is 3. The Morgan fingerprint density at radius 2 is 1.77 bits per heavy atom. The van der Waals surface area contributed by atoms with Crippen LogP contribution in [0.4, 0.5) is 0 Å². The molecule has 0 saturated heterocycles. The van der Waals surface area contributed by atoms with Gasteiger partial charge in [0.05, 0.1) is 13.0 Å². The van der Waals surface area contributed by atoms with E-state index in [0.717, 1.165) is 38.7 Å². The molecule has 5 nitrogen and oxygen atoms in total. The van der Waals surface area contributed by atoms with Crippen molar-refractivity contribution in [3.05, 3.63) is 101 Å². The quantitative estimate of drug-likeness (QED) is 0.417. The second kappa shape index (κ2) is 8.53. The Morgan fingerprint density at radius 1 is 0.935 bits per heavy atom. The maximum absolute atomic E-state index is 12.3. The Balaban J connectivity index is 1.41. The van der Waals surface area contributed by atoms with E-state index < -0.39 is 0 Å². The highest BCUT2D eigenvalue weighted by Crippen LogP contribution is 2.27. The SMILES string of the molecule is O=C(Cc1ccc(-n2c(-c3ccccc3)nc3cccnc32)cc1)NCc1cccs1. The predicted octanol–water partition coefficient (Wildman–Crippen LogP) is 5.01. The first-order valence-corrected chi connectivity index (χ1v) is 10.9. The molecule has 0 radical (unpaired) electrons. The summed E-state index contributed by atoms with van der Waals surface area (Å²) in [4.78, 5) is 22.8. The molecule has 6 heteroatoms. The summed E-state index contributed by atoms with van der Waals surface area (Å²) in [6, 6.07) is 26.0. The van der Waals surface area contributed by atoms with Crippen LogP contribution in [0.3, 0.4) is 0 Å². The second-order valence-corrected chi connectivity index (χ2v) is 8.21. The molecule has 0 atom stereocenters. The van der Waals surface area contributed by atoms with E-state index in [4.69, 9.17) is 4.98 Å².